The van der Waals surface area contributed by atoms with Crippen LogP contribution in [0.5, 0.6) is 11.5 Å². The van der Waals surface area contributed by atoms with Crippen molar-refractivity contribution < 1.29 is 9.47 Å². The van der Waals surface area contributed by atoms with Crippen LogP contribution < -0.4 is 9.47 Å². The molecule has 264 valence electrons. The lowest BCUT2D eigenvalue weighted by molar-refractivity contribution is 0.306. The Hall–Kier alpha value is -7.44. The van der Waals surface area contributed by atoms with Gasteiger partial charge in [0.1, 0.15) is 24.7 Å². The molecule has 0 amide bonds. The maximum atomic E-state index is 6.22. The van der Waals surface area contributed by atoms with E-state index in [-0.39, 0.29) is 0 Å². The Morgan fingerprint density at radius 2 is 0.518 bits per heavy atom. The van der Waals surface area contributed by atoms with Gasteiger partial charge in [-0.05, 0) is 83.9 Å². The summed E-state index contributed by atoms with van der Waals surface area (Å²) in [6.45, 7) is 0.903. The second-order valence-corrected chi connectivity index (χ2v) is 14.2. The van der Waals surface area contributed by atoms with Crippen molar-refractivity contribution in [2.75, 3.05) is 0 Å². The van der Waals surface area contributed by atoms with Gasteiger partial charge in [-0.25, -0.2) is 19.9 Å². The van der Waals surface area contributed by atoms with E-state index < -0.39 is 0 Å². The Bertz CT molecular complexity index is 2680. The van der Waals surface area contributed by atoms with E-state index in [1.54, 1.807) is 0 Å². The summed E-state index contributed by atoms with van der Waals surface area (Å²) in [6.07, 6.45) is 0. The summed E-state index contributed by atoms with van der Waals surface area (Å²) >= 11 is 0. The van der Waals surface area contributed by atoms with Crippen molar-refractivity contribution in [1.82, 2.24) is 19.9 Å². The minimum absolute atomic E-state index is 0.451. The van der Waals surface area contributed by atoms with E-state index in [0.29, 0.717) is 13.2 Å². The third kappa shape index (κ3) is 5.85. The molecular weight excluding hydrogens is 689 g/mol. The molecule has 6 aromatic carbocycles. The quantitative estimate of drug-likeness (QED) is 0.145. The molecule has 0 saturated carbocycles. The van der Waals surface area contributed by atoms with Crippen LogP contribution >= 0.6 is 0 Å². The van der Waals surface area contributed by atoms with Gasteiger partial charge in [-0.3, -0.25) is 0 Å². The topological polar surface area (TPSA) is 70.0 Å². The molecule has 0 radical (unpaired) electrons. The summed E-state index contributed by atoms with van der Waals surface area (Å²) in [4.78, 5) is 20.6. The molecule has 10 aromatic rings. The van der Waals surface area contributed by atoms with Gasteiger partial charge in [-0.1, -0.05) is 97.1 Å². The highest BCUT2D eigenvalue weighted by molar-refractivity contribution is 6.05. The molecule has 10 aliphatic heterocycles. The number of hydrogen-bond acceptors (Lipinski definition) is 6. The third-order valence-corrected chi connectivity index (χ3v) is 10.6. The highest BCUT2D eigenvalue weighted by Gasteiger charge is 2.12. The lowest BCUT2D eigenvalue weighted by Crippen LogP contribution is -1.96. The van der Waals surface area contributed by atoms with Crippen molar-refractivity contribution in [2.24, 2.45) is 0 Å². The molecular formula is C50H32N4O2. The van der Waals surface area contributed by atoms with E-state index in [4.69, 9.17) is 29.4 Å². The van der Waals surface area contributed by atoms with Crippen molar-refractivity contribution in [1.29, 1.82) is 0 Å². The molecule has 6 nitrogen and oxygen atoms in total. The van der Waals surface area contributed by atoms with E-state index in [2.05, 4.69) is 146 Å². The van der Waals surface area contributed by atoms with Gasteiger partial charge in [-0.15, -0.1) is 0 Å². The van der Waals surface area contributed by atoms with Crippen molar-refractivity contribution >= 4 is 43.6 Å². The van der Waals surface area contributed by atoms with Crippen molar-refractivity contribution in [3.8, 4) is 56.5 Å². The first kappa shape index (κ1) is 32.0. The first-order valence-corrected chi connectivity index (χ1v) is 18.7. The largest absolute Gasteiger partial charge is 0.489 e. The van der Waals surface area contributed by atoms with Crippen molar-refractivity contribution in [2.45, 2.75) is 13.2 Å². The van der Waals surface area contributed by atoms with Crippen LogP contribution in [0.1, 0.15) is 11.1 Å². The number of nitrogens with zero attached hydrogens (tertiary/aromatic N) is 4. The molecule has 0 unspecified atom stereocenters. The SMILES string of the molecule is c1cc2ccc1COc1ccc(cc1)-c1ccc3ccc4ccc(nc4c3n1)-c1ccc(cc1)OCc1ccc(cc1)-c1ccc3ccc4ccc-2nc4c3n1. The maximum absolute atomic E-state index is 6.22. The number of pyridine rings is 4. The lowest BCUT2D eigenvalue weighted by atomic mass is 10.0. The van der Waals surface area contributed by atoms with Gasteiger partial charge < -0.3 is 9.47 Å². The fraction of sp³-hybridized carbons (Fsp3) is 0.0400. The van der Waals surface area contributed by atoms with Gasteiger partial charge in [0.25, 0.3) is 0 Å². The zero-order valence-electron chi connectivity index (χ0n) is 30.2. The van der Waals surface area contributed by atoms with Crippen LogP contribution in [0.4, 0.5) is 0 Å². The van der Waals surface area contributed by atoms with Crippen LogP contribution in [0, 0.1) is 0 Å². The molecule has 0 atom stereocenters. The van der Waals surface area contributed by atoms with E-state index in [1.165, 1.54) is 0 Å². The van der Waals surface area contributed by atoms with Gasteiger partial charge in [0.15, 0.2) is 0 Å². The Balaban J connectivity index is 0.984. The Morgan fingerprint density at radius 1 is 0.268 bits per heavy atom. The first-order valence-electron chi connectivity index (χ1n) is 18.7. The molecule has 0 aliphatic carbocycles. The van der Waals surface area contributed by atoms with Crippen LogP contribution in [-0.2, 0) is 13.2 Å². The van der Waals surface area contributed by atoms with Crippen molar-refractivity contribution in [3.05, 3.63) is 181 Å². The van der Waals surface area contributed by atoms with Crippen LogP contribution in [0.3, 0.4) is 0 Å². The molecule has 6 heteroatoms. The molecule has 14 heterocycles. The first-order chi connectivity index (χ1) is 27.7. The molecule has 56 heavy (non-hydrogen) atoms. The zero-order valence-corrected chi connectivity index (χ0v) is 30.2. The maximum Gasteiger partial charge on any atom is 0.119 e. The Kier molecular flexibility index (Phi) is 7.52. The molecule has 20 rings (SSSR count). The minimum Gasteiger partial charge on any atom is -0.489 e. The molecule has 16 bridgehead atoms. The van der Waals surface area contributed by atoms with Crippen LogP contribution in [0.25, 0.3) is 88.6 Å². The van der Waals surface area contributed by atoms with Gasteiger partial charge >= 0.3 is 0 Å². The molecule has 0 fully saturated rings. The molecule has 4 aromatic heterocycles. The third-order valence-electron chi connectivity index (χ3n) is 10.6. The van der Waals surface area contributed by atoms with Crippen LogP contribution in [0.2, 0.25) is 0 Å². The second kappa shape index (κ2) is 13.1. The summed E-state index contributed by atoms with van der Waals surface area (Å²) in [7, 11) is 0. The summed E-state index contributed by atoms with van der Waals surface area (Å²) < 4.78 is 12.4. The zero-order chi connectivity index (χ0) is 37.0. The minimum atomic E-state index is 0.451. The van der Waals surface area contributed by atoms with Crippen molar-refractivity contribution in [3.63, 3.8) is 0 Å². The molecule has 10 aliphatic rings. The number of rotatable bonds is 0. The predicted octanol–water partition coefficient (Wildman–Crippen LogP) is 12.0. The predicted molar refractivity (Wildman–Crippen MR) is 224 cm³/mol. The summed E-state index contributed by atoms with van der Waals surface area (Å²) in [5.41, 5.74) is 13.3. The molecule has 0 N–H and O–H groups in total. The normalized spacial score (nSPS) is 12.4. The van der Waals surface area contributed by atoms with Crippen LogP contribution in [0.15, 0.2) is 170 Å². The standard InChI is InChI=1S/C50H32N4O2/c1-5-33-6-2-31(1)29-55-41-21-13-35(14-22-41)45-27-19-39-11-12-40-20-28-46(54-50(40)49(39)53-45)36-15-23-42(24-16-36)56-30-32-3-7-34(8-4-32)44-26-18-38-10-9-37-17-25-43(33)51-47(37)48(38)52-44/h1-28H,29-30H2. The average molecular weight is 721 g/mol. The number of ether oxygens (including phenoxy) is 2. The fourth-order valence-electron chi connectivity index (χ4n) is 7.50. The Labute approximate surface area is 322 Å². The van der Waals surface area contributed by atoms with E-state index in [0.717, 1.165) is 111 Å². The number of aromatic nitrogens is 4. The second-order valence-electron chi connectivity index (χ2n) is 14.2. The van der Waals surface area contributed by atoms with E-state index >= 15 is 0 Å². The van der Waals surface area contributed by atoms with Gasteiger partial charge in [0, 0.05) is 43.8 Å². The van der Waals surface area contributed by atoms with Crippen LogP contribution in [-0.4, -0.2) is 19.9 Å². The summed E-state index contributed by atoms with van der Waals surface area (Å²) in [5.74, 6) is 1.59. The van der Waals surface area contributed by atoms with E-state index in [1.807, 2.05) is 24.3 Å². The lowest BCUT2D eigenvalue weighted by Gasteiger charge is -2.11. The smallest absolute Gasteiger partial charge is 0.119 e. The van der Waals surface area contributed by atoms with E-state index in [9.17, 15) is 0 Å². The number of hydrogen-bond donors (Lipinski definition) is 0. The number of benzene rings is 6. The molecule has 0 spiro atoms. The fourth-order valence-corrected chi connectivity index (χ4v) is 7.50. The van der Waals surface area contributed by atoms with Gasteiger partial charge in [0.05, 0.1) is 44.8 Å². The average Bonchev–Trinajstić information content (AvgIpc) is 3.27. The highest BCUT2D eigenvalue weighted by Crippen LogP contribution is 2.32. The van der Waals surface area contributed by atoms with Gasteiger partial charge in [0.2, 0.25) is 0 Å². The molecule has 0 saturated heterocycles. The Morgan fingerprint density at radius 3 is 0.804 bits per heavy atom. The van der Waals surface area contributed by atoms with Gasteiger partial charge in [-0.2, -0.15) is 0 Å². The summed E-state index contributed by atoms with van der Waals surface area (Å²) in [6, 6.07) is 58.3. The highest BCUT2D eigenvalue weighted by atomic mass is 16.5. The summed E-state index contributed by atoms with van der Waals surface area (Å²) in [5, 5.41) is 4.20. The monoisotopic (exact) mass is 720 g/mol.